The Bertz CT molecular complexity index is 1630. The van der Waals surface area contributed by atoms with E-state index in [9.17, 15) is 43.2 Å². The molecular weight excluding hydrogens is 1100 g/mol. The van der Waals surface area contributed by atoms with Gasteiger partial charge in [-0.25, -0.2) is 9.13 Å². The van der Waals surface area contributed by atoms with Gasteiger partial charge in [-0.2, -0.15) is 0 Å². The molecule has 0 aliphatic heterocycles. The summed E-state index contributed by atoms with van der Waals surface area (Å²) < 4.78 is 67.8. The monoisotopic (exact) mass is 1230 g/mol. The number of rotatable bonds is 63. The number of aliphatic hydroxyl groups is 1. The molecule has 19 heteroatoms. The van der Waals surface area contributed by atoms with Crippen LogP contribution >= 0.6 is 15.6 Å². The Morgan fingerprint density at radius 2 is 0.554 bits per heavy atom. The van der Waals surface area contributed by atoms with Crippen LogP contribution in [0.15, 0.2) is 0 Å². The number of esters is 4. The fourth-order valence-electron chi connectivity index (χ4n) is 9.53. The van der Waals surface area contributed by atoms with Crippen LogP contribution in [-0.4, -0.2) is 96.7 Å². The Morgan fingerprint density at radius 1 is 0.325 bits per heavy atom. The van der Waals surface area contributed by atoms with Crippen LogP contribution in [0.1, 0.15) is 318 Å². The summed E-state index contributed by atoms with van der Waals surface area (Å²) >= 11 is 0. The number of unbranched alkanes of at least 4 members (excludes halogenated alkanes) is 33. The standard InChI is InChI=1S/C64H124O17P2/c1-7-9-11-13-26-34-40-46-61(66)74-52-59(80-63(68)48-42-36-27-14-12-10-8-2)54-78-82(70,71)76-50-58(65)51-77-83(72,73)79-55-60(53-75-62(67)47-41-35-31-25-29-33-39-45-57(5)6)81-64(69)49-43-37-30-24-22-20-18-16-15-17-19-21-23-28-32-38-44-56(3)4/h56-60,65H,7-55H2,1-6H3,(H,70,71)(H,72,73)/t58-,59+,60+/m0/s1. The van der Waals surface area contributed by atoms with Gasteiger partial charge >= 0.3 is 39.5 Å². The lowest BCUT2D eigenvalue weighted by atomic mass is 10.0. The number of hydrogen-bond acceptors (Lipinski definition) is 15. The SMILES string of the molecule is CCCCCCCCCC(=O)OC[C@H](COP(=O)(O)OC[C@H](O)COP(=O)(O)OC[C@@H](COC(=O)CCCCCCCCCC(C)C)OC(=O)CCCCCCCCCCCCCCCCCCC(C)C)OC(=O)CCCCCCCCC. The minimum atomic E-state index is -4.94. The first-order valence-electron chi connectivity index (χ1n) is 33.5. The Kier molecular flexibility index (Phi) is 55.2. The summed E-state index contributed by atoms with van der Waals surface area (Å²) in [7, 11) is -9.88. The van der Waals surface area contributed by atoms with Crippen LogP contribution < -0.4 is 0 Å². The third-order valence-electron chi connectivity index (χ3n) is 14.7. The van der Waals surface area contributed by atoms with Crippen LogP contribution in [0.3, 0.4) is 0 Å². The van der Waals surface area contributed by atoms with Crippen molar-refractivity contribution in [3.63, 3.8) is 0 Å². The maximum atomic E-state index is 13.0. The molecule has 0 amide bonds. The van der Waals surface area contributed by atoms with Gasteiger partial charge in [0, 0.05) is 25.7 Å². The van der Waals surface area contributed by atoms with Gasteiger partial charge in [0.05, 0.1) is 26.4 Å². The van der Waals surface area contributed by atoms with Gasteiger partial charge in [-0.05, 0) is 37.5 Å². The summed E-state index contributed by atoms with van der Waals surface area (Å²) in [6, 6.07) is 0. The zero-order valence-electron chi connectivity index (χ0n) is 53.5. The molecule has 0 fully saturated rings. The predicted octanol–water partition coefficient (Wildman–Crippen LogP) is 17.7. The maximum absolute atomic E-state index is 13.0. The zero-order valence-corrected chi connectivity index (χ0v) is 55.3. The number of phosphoric acid groups is 2. The van der Waals surface area contributed by atoms with E-state index in [4.69, 9.17) is 37.0 Å². The topological polar surface area (TPSA) is 237 Å². The highest BCUT2D eigenvalue weighted by molar-refractivity contribution is 7.47. The quantitative estimate of drug-likeness (QED) is 0.0222. The maximum Gasteiger partial charge on any atom is 0.472 e. The number of aliphatic hydroxyl groups excluding tert-OH is 1. The van der Waals surface area contributed by atoms with E-state index in [0.717, 1.165) is 128 Å². The Balaban J connectivity index is 5.12. The molecule has 0 saturated heterocycles. The molecule has 0 aromatic rings. The molecule has 83 heavy (non-hydrogen) atoms. The van der Waals surface area contributed by atoms with Crippen molar-refractivity contribution < 1.29 is 80.2 Å². The van der Waals surface area contributed by atoms with Gasteiger partial charge in [-0.1, -0.05) is 266 Å². The highest BCUT2D eigenvalue weighted by Crippen LogP contribution is 2.45. The van der Waals surface area contributed by atoms with E-state index in [1.807, 2.05) is 0 Å². The lowest BCUT2D eigenvalue weighted by molar-refractivity contribution is -0.161. The smallest absolute Gasteiger partial charge is 0.462 e. The molecule has 0 spiro atoms. The number of carbonyl (C=O) groups excluding carboxylic acids is 4. The van der Waals surface area contributed by atoms with E-state index in [0.29, 0.717) is 31.6 Å². The van der Waals surface area contributed by atoms with Crippen molar-refractivity contribution in [2.45, 2.75) is 336 Å². The van der Waals surface area contributed by atoms with Crippen LogP contribution in [0, 0.1) is 11.8 Å². The Labute approximate surface area is 505 Å². The number of ether oxygens (including phenoxy) is 4. The van der Waals surface area contributed by atoms with Crippen LogP contribution in [-0.2, 0) is 65.4 Å². The molecule has 2 unspecified atom stereocenters. The summed E-state index contributed by atoms with van der Waals surface area (Å²) in [5, 5.41) is 10.5. The molecule has 0 saturated carbocycles. The van der Waals surface area contributed by atoms with E-state index < -0.39 is 97.5 Å². The summed E-state index contributed by atoms with van der Waals surface area (Å²) in [4.78, 5) is 71.9. The van der Waals surface area contributed by atoms with E-state index >= 15 is 0 Å². The van der Waals surface area contributed by atoms with Gasteiger partial charge in [0.1, 0.15) is 19.3 Å². The predicted molar refractivity (Wildman–Crippen MR) is 331 cm³/mol. The molecule has 5 atom stereocenters. The average Bonchev–Trinajstić information content (AvgIpc) is 3.44. The van der Waals surface area contributed by atoms with Crippen molar-refractivity contribution in [1.82, 2.24) is 0 Å². The first-order chi connectivity index (χ1) is 39.9. The van der Waals surface area contributed by atoms with Gasteiger partial charge in [0.15, 0.2) is 12.2 Å². The van der Waals surface area contributed by atoms with Crippen molar-refractivity contribution in [2.24, 2.45) is 11.8 Å². The molecule has 0 aliphatic rings. The summed E-state index contributed by atoms with van der Waals surface area (Å²) in [6.45, 7) is 9.38. The van der Waals surface area contributed by atoms with E-state index in [1.54, 1.807) is 0 Å². The summed E-state index contributed by atoms with van der Waals surface area (Å²) in [5.41, 5.74) is 0. The second-order valence-corrected chi connectivity index (χ2v) is 27.0. The molecular formula is C64H124O17P2. The zero-order chi connectivity index (χ0) is 61.5. The lowest BCUT2D eigenvalue weighted by Gasteiger charge is -2.21. The number of hydrogen-bond donors (Lipinski definition) is 3. The van der Waals surface area contributed by atoms with Crippen LogP contribution in [0.25, 0.3) is 0 Å². The molecule has 0 aromatic heterocycles. The molecule has 3 N–H and O–H groups in total. The first kappa shape index (κ1) is 81.1. The van der Waals surface area contributed by atoms with Gasteiger partial charge < -0.3 is 33.8 Å². The summed E-state index contributed by atoms with van der Waals surface area (Å²) in [6.07, 6.45) is 39.4. The summed E-state index contributed by atoms with van der Waals surface area (Å²) in [5.74, 6) is -0.629. The van der Waals surface area contributed by atoms with Gasteiger partial charge in [0.25, 0.3) is 0 Å². The lowest BCUT2D eigenvalue weighted by Crippen LogP contribution is -2.30. The third kappa shape index (κ3) is 58.8. The minimum absolute atomic E-state index is 0.103. The Morgan fingerprint density at radius 3 is 0.819 bits per heavy atom. The Hall–Kier alpha value is -1.94. The molecule has 0 aromatic carbocycles. The molecule has 0 aliphatic carbocycles. The molecule has 0 rings (SSSR count). The fraction of sp³-hybridized carbons (Fsp3) is 0.938. The van der Waals surface area contributed by atoms with Crippen LogP contribution in [0.2, 0.25) is 0 Å². The minimum Gasteiger partial charge on any atom is -0.462 e. The normalized spacial score (nSPS) is 14.3. The van der Waals surface area contributed by atoms with Crippen molar-refractivity contribution >= 4 is 39.5 Å². The third-order valence-corrected chi connectivity index (χ3v) is 16.6. The van der Waals surface area contributed by atoms with Crippen molar-refractivity contribution in [1.29, 1.82) is 0 Å². The average molecular weight is 1230 g/mol. The molecule has 492 valence electrons. The van der Waals surface area contributed by atoms with E-state index in [1.165, 1.54) is 103 Å². The highest BCUT2D eigenvalue weighted by atomic mass is 31.2. The first-order valence-corrected chi connectivity index (χ1v) is 36.5. The van der Waals surface area contributed by atoms with Crippen molar-refractivity contribution in [3.05, 3.63) is 0 Å². The number of phosphoric ester groups is 2. The van der Waals surface area contributed by atoms with Gasteiger partial charge in [-0.3, -0.25) is 37.3 Å². The molecule has 0 heterocycles. The second-order valence-electron chi connectivity index (χ2n) is 24.1. The number of carbonyl (C=O) groups is 4. The van der Waals surface area contributed by atoms with Crippen molar-refractivity contribution in [2.75, 3.05) is 39.6 Å². The molecule has 17 nitrogen and oxygen atoms in total. The second kappa shape index (κ2) is 56.6. The van der Waals surface area contributed by atoms with Gasteiger partial charge in [0.2, 0.25) is 0 Å². The van der Waals surface area contributed by atoms with Crippen molar-refractivity contribution in [3.8, 4) is 0 Å². The molecule has 0 bridgehead atoms. The van der Waals surface area contributed by atoms with E-state index in [2.05, 4.69) is 41.5 Å². The highest BCUT2D eigenvalue weighted by Gasteiger charge is 2.30. The van der Waals surface area contributed by atoms with E-state index in [-0.39, 0.29) is 25.7 Å². The molecule has 0 radical (unpaired) electrons. The van der Waals surface area contributed by atoms with Crippen LogP contribution in [0.4, 0.5) is 0 Å². The fourth-order valence-corrected chi connectivity index (χ4v) is 11.1. The van der Waals surface area contributed by atoms with Crippen LogP contribution in [0.5, 0.6) is 0 Å². The largest absolute Gasteiger partial charge is 0.472 e. The van der Waals surface area contributed by atoms with Gasteiger partial charge in [-0.15, -0.1) is 0 Å².